The molecule has 0 saturated carbocycles. The summed E-state index contributed by atoms with van der Waals surface area (Å²) in [5, 5.41) is 13.7. The number of nitro groups is 1. The van der Waals surface area contributed by atoms with Gasteiger partial charge in [0, 0.05) is 24.4 Å². The first-order valence-electron chi connectivity index (χ1n) is 6.17. The highest BCUT2D eigenvalue weighted by Gasteiger charge is 2.09. The van der Waals surface area contributed by atoms with E-state index in [4.69, 9.17) is 11.6 Å². The molecule has 2 rings (SSSR count). The van der Waals surface area contributed by atoms with Gasteiger partial charge in [0.25, 0.3) is 5.69 Å². The summed E-state index contributed by atoms with van der Waals surface area (Å²) in [6.07, 6.45) is 0. The van der Waals surface area contributed by atoms with E-state index in [0.717, 1.165) is 0 Å². The molecule has 0 fully saturated rings. The van der Waals surface area contributed by atoms with Crippen molar-refractivity contribution in [1.29, 1.82) is 0 Å². The van der Waals surface area contributed by atoms with Gasteiger partial charge in [-0.25, -0.2) is 0 Å². The number of nitrogens with one attached hydrogen (secondary N) is 1. The average Bonchev–Trinajstić information content (AvgIpc) is 2.47. The molecule has 0 heterocycles. The number of nitrogens with zero attached hydrogens (tertiary/aromatic N) is 1. The average molecular weight is 329 g/mol. The second-order valence-electron chi connectivity index (χ2n) is 4.30. The van der Waals surface area contributed by atoms with E-state index in [-0.39, 0.29) is 16.5 Å². The largest absolute Gasteiger partial charge is 0.433 e. The van der Waals surface area contributed by atoms with Crippen molar-refractivity contribution in [2.24, 2.45) is 0 Å². The van der Waals surface area contributed by atoms with E-state index in [1.54, 1.807) is 12.1 Å². The summed E-state index contributed by atoms with van der Waals surface area (Å²) < 4.78 is 28.5. The van der Waals surface area contributed by atoms with Gasteiger partial charge in [-0.2, -0.15) is 8.78 Å². The molecular formula is C14H11ClF2N2O3. The molecule has 0 aliphatic rings. The third-order valence-electron chi connectivity index (χ3n) is 2.77. The van der Waals surface area contributed by atoms with Gasteiger partial charge in [-0.15, -0.1) is 0 Å². The maximum atomic E-state index is 12.1. The zero-order valence-corrected chi connectivity index (χ0v) is 11.9. The summed E-state index contributed by atoms with van der Waals surface area (Å²) in [6, 6.07) is 10.5. The quantitative estimate of drug-likeness (QED) is 0.628. The molecule has 0 aliphatic heterocycles. The number of ether oxygens (including phenoxy) is 1. The number of benzene rings is 2. The summed E-state index contributed by atoms with van der Waals surface area (Å²) in [4.78, 5) is 10.2. The van der Waals surface area contributed by atoms with E-state index < -0.39 is 11.5 Å². The topological polar surface area (TPSA) is 64.4 Å². The van der Waals surface area contributed by atoms with Gasteiger partial charge in [-0.3, -0.25) is 10.1 Å². The van der Waals surface area contributed by atoms with Gasteiger partial charge < -0.3 is 10.1 Å². The van der Waals surface area contributed by atoms with Crippen LogP contribution in [0.2, 0.25) is 5.02 Å². The number of alkyl halides is 2. The van der Waals surface area contributed by atoms with Gasteiger partial charge in [0.15, 0.2) is 0 Å². The van der Waals surface area contributed by atoms with Crippen molar-refractivity contribution in [2.75, 3.05) is 5.32 Å². The highest BCUT2D eigenvalue weighted by molar-refractivity contribution is 6.32. The van der Waals surface area contributed by atoms with E-state index in [1.165, 1.54) is 30.3 Å². The van der Waals surface area contributed by atoms with E-state index in [1.807, 2.05) is 0 Å². The maximum Gasteiger partial charge on any atom is 0.387 e. The van der Waals surface area contributed by atoms with Gasteiger partial charge in [0.1, 0.15) is 5.75 Å². The molecule has 2 aromatic rings. The van der Waals surface area contributed by atoms with Crippen LogP contribution in [0.25, 0.3) is 0 Å². The Morgan fingerprint density at radius 1 is 1.27 bits per heavy atom. The SMILES string of the molecule is O=[N+]([O-])c1cccc(CNc2ccc(OC(F)F)c(Cl)c2)c1. The lowest BCUT2D eigenvalue weighted by Crippen LogP contribution is -2.03. The smallest absolute Gasteiger partial charge is 0.387 e. The summed E-state index contributed by atoms with van der Waals surface area (Å²) >= 11 is 5.83. The molecule has 0 saturated heterocycles. The fourth-order valence-corrected chi connectivity index (χ4v) is 2.01. The molecule has 0 radical (unpaired) electrons. The minimum absolute atomic E-state index is 0.00184. The first-order valence-corrected chi connectivity index (χ1v) is 6.55. The zero-order valence-electron chi connectivity index (χ0n) is 11.1. The monoisotopic (exact) mass is 328 g/mol. The molecule has 0 amide bonds. The predicted molar refractivity (Wildman–Crippen MR) is 78.5 cm³/mol. The van der Waals surface area contributed by atoms with Crippen molar-refractivity contribution in [1.82, 2.24) is 0 Å². The minimum atomic E-state index is -2.94. The highest BCUT2D eigenvalue weighted by Crippen LogP contribution is 2.29. The molecule has 0 spiro atoms. The third kappa shape index (κ3) is 4.29. The van der Waals surface area contributed by atoms with Gasteiger partial charge in [-0.1, -0.05) is 23.7 Å². The number of nitro benzene ring substituents is 1. The molecule has 1 N–H and O–H groups in total. The Hall–Kier alpha value is -2.41. The van der Waals surface area contributed by atoms with Crippen LogP contribution in [0.15, 0.2) is 42.5 Å². The van der Waals surface area contributed by atoms with Crippen LogP contribution in [0.5, 0.6) is 5.75 Å². The van der Waals surface area contributed by atoms with Crippen molar-refractivity contribution in [3.05, 3.63) is 63.2 Å². The summed E-state index contributed by atoms with van der Waals surface area (Å²) in [5.74, 6) is -0.113. The molecule has 0 bridgehead atoms. The Bertz CT molecular complexity index is 683. The van der Waals surface area contributed by atoms with Crippen LogP contribution in [-0.2, 0) is 6.54 Å². The van der Waals surface area contributed by atoms with Gasteiger partial charge >= 0.3 is 6.61 Å². The first-order chi connectivity index (χ1) is 10.5. The van der Waals surface area contributed by atoms with Crippen molar-refractivity contribution in [2.45, 2.75) is 13.2 Å². The Morgan fingerprint density at radius 2 is 2.05 bits per heavy atom. The summed E-state index contributed by atoms with van der Waals surface area (Å²) in [6.45, 7) is -2.62. The Morgan fingerprint density at radius 3 is 2.68 bits per heavy atom. The molecule has 2 aromatic carbocycles. The van der Waals surface area contributed by atoms with Crippen molar-refractivity contribution in [3.63, 3.8) is 0 Å². The fourth-order valence-electron chi connectivity index (χ4n) is 1.79. The molecule has 8 heteroatoms. The Labute approximate surface area is 129 Å². The van der Waals surface area contributed by atoms with Gasteiger partial charge in [0.2, 0.25) is 0 Å². The van der Waals surface area contributed by atoms with E-state index in [9.17, 15) is 18.9 Å². The maximum absolute atomic E-state index is 12.1. The minimum Gasteiger partial charge on any atom is -0.433 e. The van der Waals surface area contributed by atoms with E-state index in [0.29, 0.717) is 17.8 Å². The van der Waals surface area contributed by atoms with Gasteiger partial charge in [0.05, 0.1) is 9.95 Å². The van der Waals surface area contributed by atoms with Gasteiger partial charge in [-0.05, 0) is 23.8 Å². The van der Waals surface area contributed by atoms with Crippen LogP contribution >= 0.6 is 11.6 Å². The van der Waals surface area contributed by atoms with Crippen molar-refractivity contribution < 1.29 is 18.4 Å². The van der Waals surface area contributed by atoms with Crippen LogP contribution < -0.4 is 10.1 Å². The number of halogens is 3. The number of rotatable bonds is 6. The third-order valence-corrected chi connectivity index (χ3v) is 3.06. The second kappa shape index (κ2) is 7.04. The number of non-ortho nitro benzene ring substituents is 1. The standard InChI is InChI=1S/C14H11ClF2N2O3/c15-12-7-10(4-5-13(12)22-14(16)17)18-8-9-2-1-3-11(6-9)19(20)21/h1-7,14,18H,8H2. The van der Waals surface area contributed by atoms with Crippen molar-refractivity contribution >= 4 is 23.0 Å². The predicted octanol–water partition coefficient (Wildman–Crippen LogP) is 4.46. The Kier molecular flexibility index (Phi) is 5.11. The summed E-state index contributed by atoms with van der Waals surface area (Å²) in [7, 11) is 0. The van der Waals surface area contributed by atoms with Crippen LogP contribution in [0.4, 0.5) is 20.2 Å². The molecule has 22 heavy (non-hydrogen) atoms. The van der Waals surface area contributed by atoms with Crippen LogP contribution in [0.3, 0.4) is 0 Å². The molecule has 0 aromatic heterocycles. The second-order valence-corrected chi connectivity index (χ2v) is 4.71. The first kappa shape index (κ1) is 16.0. The van der Waals surface area contributed by atoms with E-state index >= 15 is 0 Å². The lowest BCUT2D eigenvalue weighted by Gasteiger charge is -2.10. The zero-order chi connectivity index (χ0) is 16.1. The van der Waals surface area contributed by atoms with Crippen LogP contribution in [-0.4, -0.2) is 11.5 Å². The molecule has 0 aliphatic carbocycles. The lowest BCUT2D eigenvalue weighted by atomic mass is 10.2. The van der Waals surface area contributed by atoms with Crippen LogP contribution in [0, 0.1) is 10.1 Å². The summed E-state index contributed by atoms with van der Waals surface area (Å²) in [5.41, 5.74) is 1.29. The molecular weight excluding hydrogens is 318 g/mol. The molecule has 116 valence electrons. The Balaban J connectivity index is 2.04. The molecule has 5 nitrogen and oxygen atoms in total. The fraction of sp³-hybridized carbons (Fsp3) is 0.143. The lowest BCUT2D eigenvalue weighted by molar-refractivity contribution is -0.384. The molecule has 0 unspecified atom stereocenters. The number of hydrogen-bond acceptors (Lipinski definition) is 4. The van der Waals surface area contributed by atoms with Crippen molar-refractivity contribution in [3.8, 4) is 5.75 Å². The normalized spacial score (nSPS) is 10.5. The molecule has 0 atom stereocenters. The number of anilines is 1. The van der Waals surface area contributed by atoms with E-state index in [2.05, 4.69) is 10.1 Å². The van der Waals surface area contributed by atoms with Crippen LogP contribution in [0.1, 0.15) is 5.56 Å². The highest BCUT2D eigenvalue weighted by atomic mass is 35.5. The number of hydrogen-bond donors (Lipinski definition) is 1.